The molecule has 0 aliphatic heterocycles. The van der Waals surface area contributed by atoms with Crippen molar-refractivity contribution in [3.05, 3.63) is 93.4 Å². The number of rotatable bonds is 8. The molecular formula is C23H19ClFN3O3S. The Labute approximate surface area is 192 Å². The minimum absolute atomic E-state index is 0.0834. The summed E-state index contributed by atoms with van der Waals surface area (Å²) >= 11 is 7.23. The smallest absolute Gasteiger partial charge is 0.262 e. The number of nitrogens with zero attached hydrogens (tertiary/aromatic N) is 2. The zero-order valence-corrected chi connectivity index (χ0v) is 18.5. The molecule has 0 bridgehead atoms. The van der Waals surface area contributed by atoms with E-state index in [0.29, 0.717) is 39.8 Å². The zero-order chi connectivity index (χ0) is 22.5. The summed E-state index contributed by atoms with van der Waals surface area (Å²) in [7, 11) is 0. The number of benzene rings is 2. The van der Waals surface area contributed by atoms with Gasteiger partial charge in [0, 0.05) is 11.6 Å². The van der Waals surface area contributed by atoms with Crippen molar-refractivity contribution < 1.29 is 13.6 Å². The minimum atomic E-state index is -0.293. The number of halogens is 2. The van der Waals surface area contributed by atoms with Crippen molar-refractivity contribution in [3.63, 3.8) is 0 Å². The summed E-state index contributed by atoms with van der Waals surface area (Å²) in [5.74, 6) is 0.203. The molecule has 6 nitrogen and oxygen atoms in total. The second kappa shape index (κ2) is 10.0. The Kier molecular flexibility index (Phi) is 6.92. The lowest BCUT2D eigenvalue weighted by Gasteiger charge is -2.12. The van der Waals surface area contributed by atoms with Crippen LogP contribution in [0.25, 0.3) is 10.9 Å². The first kappa shape index (κ1) is 22.1. The molecule has 2 aromatic carbocycles. The van der Waals surface area contributed by atoms with Crippen LogP contribution in [0.5, 0.6) is 0 Å². The predicted octanol–water partition coefficient (Wildman–Crippen LogP) is 4.28. The monoisotopic (exact) mass is 471 g/mol. The molecule has 9 heteroatoms. The van der Waals surface area contributed by atoms with Gasteiger partial charge in [-0.25, -0.2) is 9.37 Å². The molecule has 0 radical (unpaired) electrons. The Morgan fingerprint density at radius 1 is 1.19 bits per heavy atom. The largest absolute Gasteiger partial charge is 0.467 e. The third-order valence-corrected chi connectivity index (χ3v) is 5.97. The van der Waals surface area contributed by atoms with E-state index in [1.807, 2.05) is 0 Å². The summed E-state index contributed by atoms with van der Waals surface area (Å²) in [5.41, 5.74) is 1.17. The van der Waals surface area contributed by atoms with Gasteiger partial charge in [0.05, 0.1) is 29.5 Å². The van der Waals surface area contributed by atoms with E-state index in [9.17, 15) is 14.0 Å². The maximum Gasteiger partial charge on any atom is 0.262 e. The van der Waals surface area contributed by atoms with Crippen LogP contribution in [-0.4, -0.2) is 27.8 Å². The molecule has 2 heterocycles. The van der Waals surface area contributed by atoms with Crippen molar-refractivity contribution in [1.82, 2.24) is 14.9 Å². The van der Waals surface area contributed by atoms with Crippen LogP contribution in [0.2, 0.25) is 5.02 Å². The van der Waals surface area contributed by atoms with E-state index >= 15 is 0 Å². The first-order valence-electron chi connectivity index (χ1n) is 9.86. The van der Waals surface area contributed by atoms with E-state index in [1.165, 1.54) is 34.7 Å². The number of amides is 1. The van der Waals surface area contributed by atoms with Gasteiger partial charge in [0.2, 0.25) is 5.91 Å². The number of furan rings is 1. The molecular weight excluding hydrogens is 453 g/mol. The lowest BCUT2D eigenvalue weighted by molar-refractivity contribution is -0.118. The third kappa shape index (κ3) is 5.38. The molecule has 1 N–H and O–H groups in total. The second-order valence-corrected chi connectivity index (χ2v) is 8.42. The average Bonchev–Trinajstić information content (AvgIpc) is 3.29. The van der Waals surface area contributed by atoms with Gasteiger partial charge in [0.15, 0.2) is 5.16 Å². The lowest BCUT2D eigenvalue weighted by atomic mass is 10.1. The number of thioether (sulfide) groups is 1. The Morgan fingerprint density at radius 2 is 2.00 bits per heavy atom. The van der Waals surface area contributed by atoms with E-state index < -0.39 is 0 Å². The molecule has 0 saturated heterocycles. The lowest BCUT2D eigenvalue weighted by Crippen LogP contribution is -2.28. The van der Waals surface area contributed by atoms with Crippen LogP contribution in [0.15, 0.2) is 75.2 Å². The van der Waals surface area contributed by atoms with Crippen LogP contribution in [0.1, 0.15) is 11.3 Å². The average molecular weight is 472 g/mol. The molecule has 4 aromatic rings. The van der Waals surface area contributed by atoms with Gasteiger partial charge in [-0.3, -0.25) is 14.2 Å². The summed E-state index contributed by atoms with van der Waals surface area (Å²) in [4.78, 5) is 30.0. The van der Waals surface area contributed by atoms with Gasteiger partial charge in [-0.15, -0.1) is 0 Å². The van der Waals surface area contributed by atoms with Gasteiger partial charge >= 0.3 is 0 Å². The minimum Gasteiger partial charge on any atom is -0.467 e. The van der Waals surface area contributed by atoms with Gasteiger partial charge in [-0.05, 0) is 54.4 Å². The van der Waals surface area contributed by atoms with Crippen LogP contribution < -0.4 is 10.9 Å². The number of aromatic nitrogens is 2. The fourth-order valence-corrected chi connectivity index (χ4v) is 4.16. The third-order valence-electron chi connectivity index (χ3n) is 4.76. The fraction of sp³-hybridized carbons (Fsp3) is 0.174. The maximum atomic E-state index is 13.1. The highest BCUT2D eigenvalue weighted by atomic mass is 35.5. The first-order chi connectivity index (χ1) is 15.5. The van der Waals surface area contributed by atoms with Crippen molar-refractivity contribution >= 4 is 40.2 Å². The summed E-state index contributed by atoms with van der Waals surface area (Å²) in [5, 5.41) is 4.15. The van der Waals surface area contributed by atoms with E-state index in [4.69, 9.17) is 16.0 Å². The molecule has 164 valence electrons. The highest BCUT2D eigenvalue weighted by Gasteiger charge is 2.15. The second-order valence-electron chi connectivity index (χ2n) is 7.04. The van der Waals surface area contributed by atoms with Crippen LogP contribution in [0, 0.1) is 5.82 Å². The molecule has 0 unspecified atom stereocenters. The molecule has 0 atom stereocenters. The van der Waals surface area contributed by atoms with Gasteiger partial charge < -0.3 is 9.73 Å². The van der Waals surface area contributed by atoms with Crippen LogP contribution in [-0.2, 0) is 17.8 Å². The number of carbonyl (C=O) groups excluding carboxylic acids is 1. The Balaban J connectivity index is 1.47. The molecule has 2 aromatic heterocycles. The predicted molar refractivity (Wildman–Crippen MR) is 123 cm³/mol. The fourth-order valence-electron chi connectivity index (χ4n) is 3.16. The van der Waals surface area contributed by atoms with Crippen molar-refractivity contribution in [2.45, 2.75) is 18.1 Å². The Hall–Kier alpha value is -3.10. The standard InChI is InChI=1S/C23H19ClFN3O3S/c24-16-5-8-19-20(12-16)27-23(28(22(19)30)13-18-2-1-11-31-18)32-14-21(29)26-10-9-15-3-6-17(25)7-4-15/h1-8,11-12H,9-10,13-14H2,(H,26,29). The van der Waals surface area contributed by atoms with Gasteiger partial charge in [0.25, 0.3) is 5.56 Å². The zero-order valence-electron chi connectivity index (χ0n) is 16.9. The topological polar surface area (TPSA) is 77.1 Å². The first-order valence-corrected chi connectivity index (χ1v) is 11.2. The molecule has 0 aliphatic carbocycles. The van der Waals surface area contributed by atoms with E-state index in [0.717, 1.165) is 5.56 Å². The molecule has 0 fully saturated rings. The normalized spacial score (nSPS) is 11.1. The van der Waals surface area contributed by atoms with E-state index in [2.05, 4.69) is 10.3 Å². The van der Waals surface area contributed by atoms with E-state index in [1.54, 1.807) is 42.5 Å². The van der Waals surface area contributed by atoms with Crippen LogP contribution >= 0.6 is 23.4 Å². The summed E-state index contributed by atoms with van der Waals surface area (Å²) in [6, 6.07) is 14.6. The van der Waals surface area contributed by atoms with Crippen molar-refractivity contribution in [3.8, 4) is 0 Å². The highest BCUT2D eigenvalue weighted by molar-refractivity contribution is 7.99. The van der Waals surface area contributed by atoms with Gasteiger partial charge in [0.1, 0.15) is 11.6 Å². The Morgan fingerprint density at radius 3 is 2.75 bits per heavy atom. The summed E-state index contributed by atoms with van der Waals surface area (Å²) in [6.07, 6.45) is 2.13. The molecule has 1 amide bonds. The Bertz CT molecular complexity index is 1290. The highest BCUT2D eigenvalue weighted by Crippen LogP contribution is 2.21. The SMILES string of the molecule is O=C(CSc1nc2cc(Cl)ccc2c(=O)n1Cc1ccco1)NCCc1ccc(F)cc1. The molecule has 0 aliphatic rings. The number of hydrogen-bond donors (Lipinski definition) is 1. The number of hydrogen-bond acceptors (Lipinski definition) is 5. The number of carbonyl (C=O) groups is 1. The molecule has 4 rings (SSSR count). The maximum absolute atomic E-state index is 13.1. The number of fused-ring (bicyclic) bond motifs is 1. The quantitative estimate of drug-likeness (QED) is 0.306. The van der Waals surface area contributed by atoms with Crippen molar-refractivity contribution in [2.75, 3.05) is 12.3 Å². The van der Waals surface area contributed by atoms with Crippen LogP contribution in [0.3, 0.4) is 0 Å². The molecule has 0 spiro atoms. The molecule has 32 heavy (non-hydrogen) atoms. The molecule has 0 saturated carbocycles. The van der Waals surface area contributed by atoms with Crippen molar-refractivity contribution in [1.29, 1.82) is 0 Å². The summed E-state index contributed by atoms with van der Waals surface area (Å²) in [6.45, 7) is 0.622. The summed E-state index contributed by atoms with van der Waals surface area (Å²) < 4.78 is 19.9. The van der Waals surface area contributed by atoms with E-state index in [-0.39, 0.29) is 29.6 Å². The van der Waals surface area contributed by atoms with Gasteiger partial charge in [-0.2, -0.15) is 0 Å². The van der Waals surface area contributed by atoms with Crippen molar-refractivity contribution in [2.24, 2.45) is 0 Å². The number of nitrogens with one attached hydrogen (secondary N) is 1. The van der Waals surface area contributed by atoms with Crippen LogP contribution in [0.4, 0.5) is 4.39 Å². The van der Waals surface area contributed by atoms with Gasteiger partial charge in [-0.1, -0.05) is 35.5 Å².